The van der Waals surface area contributed by atoms with Gasteiger partial charge >= 0.3 is 0 Å². The third kappa shape index (κ3) is 4.38. The van der Waals surface area contributed by atoms with E-state index in [1.54, 1.807) is 12.1 Å². The van der Waals surface area contributed by atoms with E-state index in [-0.39, 0.29) is 33.7 Å². The normalized spacial score (nSPS) is 11.1. The van der Waals surface area contributed by atoms with Gasteiger partial charge in [-0.1, -0.05) is 52.7 Å². The number of nitrogen functional groups attached to an aromatic ring is 1. The van der Waals surface area contributed by atoms with E-state index in [4.69, 9.17) is 17.3 Å². The lowest BCUT2D eigenvalue weighted by Gasteiger charge is -2.06. The van der Waals surface area contributed by atoms with Crippen LogP contribution in [-0.4, -0.2) is 42.4 Å². The molecule has 13 nitrogen and oxygen atoms in total. The Balaban J connectivity index is 1.65. The molecule has 2 aromatic heterocycles. The Hall–Kier alpha value is -4.65. The molecule has 14 heteroatoms. The molecule has 0 aliphatic carbocycles. The van der Waals surface area contributed by atoms with E-state index >= 15 is 0 Å². The Morgan fingerprint density at radius 3 is 2.70 bits per heavy atom. The summed E-state index contributed by atoms with van der Waals surface area (Å²) in [4.78, 5) is 23.2. The van der Waals surface area contributed by atoms with Crippen LogP contribution in [0.1, 0.15) is 21.6 Å². The van der Waals surface area contributed by atoms with Crippen LogP contribution < -0.4 is 11.2 Å². The van der Waals surface area contributed by atoms with E-state index < -0.39 is 10.8 Å². The van der Waals surface area contributed by atoms with Gasteiger partial charge in [0, 0.05) is 17.2 Å². The molecule has 4 rings (SSSR count). The molecule has 0 spiro atoms. The van der Waals surface area contributed by atoms with Crippen molar-refractivity contribution in [3.63, 3.8) is 0 Å². The van der Waals surface area contributed by atoms with Gasteiger partial charge in [0.15, 0.2) is 5.69 Å². The van der Waals surface area contributed by atoms with Crippen LogP contribution >= 0.6 is 11.6 Å². The molecule has 0 aliphatic heterocycles. The van der Waals surface area contributed by atoms with E-state index in [0.717, 1.165) is 5.56 Å². The van der Waals surface area contributed by atoms with E-state index in [1.165, 1.54) is 29.1 Å². The first-order valence-electron chi connectivity index (χ1n) is 9.23. The fourth-order valence-corrected chi connectivity index (χ4v) is 3.05. The van der Waals surface area contributed by atoms with Gasteiger partial charge in [0.05, 0.1) is 11.1 Å². The average molecular weight is 468 g/mol. The largest absolute Gasteiger partial charge is 0.378 e. The van der Waals surface area contributed by atoms with Crippen LogP contribution in [0.15, 0.2) is 52.2 Å². The summed E-state index contributed by atoms with van der Waals surface area (Å²) in [5.41, 5.74) is 10.0. The number of aryl methyl sites for hydroxylation is 1. The van der Waals surface area contributed by atoms with Crippen molar-refractivity contribution in [3.8, 4) is 17.1 Å². The molecular weight excluding hydrogens is 454 g/mol. The van der Waals surface area contributed by atoms with E-state index in [9.17, 15) is 14.9 Å². The fourth-order valence-electron chi connectivity index (χ4n) is 2.86. The number of halogens is 1. The first kappa shape index (κ1) is 21.6. The van der Waals surface area contributed by atoms with Gasteiger partial charge in [-0.25, -0.2) is 10.1 Å². The van der Waals surface area contributed by atoms with Crippen LogP contribution in [-0.2, 0) is 0 Å². The van der Waals surface area contributed by atoms with Gasteiger partial charge in [0.25, 0.3) is 11.6 Å². The number of nitro benzene ring substituents is 1. The van der Waals surface area contributed by atoms with E-state index in [1.807, 2.05) is 19.1 Å². The molecule has 33 heavy (non-hydrogen) atoms. The standard InChI is InChI=1S/C19H14ClN9O4/c1-10-2-5-12(6-3-10)16-15(23-27-28(16)18-17(21)25-33-26-18)19(30)24-22-9-11-4-7-13(20)14(8-11)29(31)32/h2-9H,1H3,(H2,21,25)(H,24,30)/b22-9-. The minimum absolute atomic E-state index is 0.0119. The molecule has 4 aromatic rings. The Morgan fingerprint density at radius 1 is 1.27 bits per heavy atom. The molecule has 0 bridgehead atoms. The molecule has 1 amide bonds. The lowest BCUT2D eigenvalue weighted by Crippen LogP contribution is -2.19. The number of hydrogen-bond acceptors (Lipinski definition) is 10. The highest BCUT2D eigenvalue weighted by molar-refractivity contribution is 6.32. The summed E-state index contributed by atoms with van der Waals surface area (Å²) in [6, 6.07) is 11.4. The average Bonchev–Trinajstić information content (AvgIpc) is 3.41. The van der Waals surface area contributed by atoms with Gasteiger partial charge in [-0.3, -0.25) is 14.9 Å². The fraction of sp³-hybridized carbons (Fsp3) is 0.0526. The molecule has 2 aromatic carbocycles. The highest BCUT2D eigenvalue weighted by Gasteiger charge is 2.25. The predicted molar refractivity (Wildman–Crippen MR) is 117 cm³/mol. The number of nitrogens with two attached hydrogens (primary N) is 1. The van der Waals surface area contributed by atoms with Crippen LogP contribution in [0, 0.1) is 17.0 Å². The molecule has 2 heterocycles. The van der Waals surface area contributed by atoms with Gasteiger partial charge < -0.3 is 5.73 Å². The first-order valence-corrected chi connectivity index (χ1v) is 9.61. The minimum Gasteiger partial charge on any atom is -0.378 e. The molecule has 0 fully saturated rings. The number of rotatable bonds is 6. The summed E-state index contributed by atoms with van der Waals surface area (Å²) in [6.07, 6.45) is 1.23. The maximum absolute atomic E-state index is 12.8. The number of hydrazone groups is 1. The molecule has 0 radical (unpaired) electrons. The quantitative estimate of drug-likeness (QED) is 0.244. The van der Waals surface area contributed by atoms with Crippen molar-refractivity contribution in [1.82, 2.24) is 30.7 Å². The molecule has 166 valence electrons. The molecule has 3 N–H and O–H groups in total. The third-order valence-corrected chi connectivity index (χ3v) is 4.77. The lowest BCUT2D eigenvalue weighted by molar-refractivity contribution is -0.384. The zero-order valence-corrected chi connectivity index (χ0v) is 17.6. The van der Waals surface area contributed by atoms with E-state index in [2.05, 4.69) is 35.8 Å². The van der Waals surface area contributed by atoms with Crippen molar-refractivity contribution in [2.75, 3.05) is 5.73 Å². The maximum atomic E-state index is 12.8. The van der Waals surface area contributed by atoms with Crippen LogP contribution in [0.2, 0.25) is 5.02 Å². The number of hydrogen-bond donors (Lipinski definition) is 2. The topological polar surface area (TPSA) is 180 Å². The van der Waals surface area contributed by atoms with Gasteiger partial charge in [0.1, 0.15) is 10.7 Å². The van der Waals surface area contributed by atoms with Crippen molar-refractivity contribution in [3.05, 3.63) is 74.4 Å². The second kappa shape index (κ2) is 8.84. The lowest BCUT2D eigenvalue weighted by atomic mass is 10.1. The Morgan fingerprint density at radius 2 is 2.03 bits per heavy atom. The van der Waals surface area contributed by atoms with E-state index in [0.29, 0.717) is 11.1 Å². The van der Waals surface area contributed by atoms with Crippen molar-refractivity contribution in [2.24, 2.45) is 5.10 Å². The number of carbonyl (C=O) groups is 1. The number of amides is 1. The van der Waals surface area contributed by atoms with Gasteiger partial charge in [-0.15, -0.1) is 5.10 Å². The third-order valence-electron chi connectivity index (χ3n) is 4.45. The van der Waals surface area contributed by atoms with Crippen molar-refractivity contribution < 1.29 is 14.3 Å². The number of carbonyl (C=O) groups excluding carboxylic acids is 1. The highest BCUT2D eigenvalue weighted by atomic mass is 35.5. The highest BCUT2D eigenvalue weighted by Crippen LogP contribution is 2.27. The van der Waals surface area contributed by atoms with Crippen LogP contribution in [0.3, 0.4) is 0 Å². The molecule has 0 unspecified atom stereocenters. The van der Waals surface area contributed by atoms with Crippen molar-refractivity contribution in [2.45, 2.75) is 6.92 Å². The van der Waals surface area contributed by atoms with Crippen molar-refractivity contribution >= 4 is 35.2 Å². The summed E-state index contributed by atoms with van der Waals surface area (Å²) in [6.45, 7) is 1.92. The first-order chi connectivity index (χ1) is 15.8. The Kier molecular flexibility index (Phi) is 5.78. The predicted octanol–water partition coefficient (Wildman–Crippen LogP) is 2.53. The summed E-state index contributed by atoms with van der Waals surface area (Å²) in [5, 5.41) is 30.0. The summed E-state index contributed by atoms with van der Waals surface area (Å²) in [5.74, 6) is -0.664. The number of aromatic nitrogens is 5. The van der Waals surface area contributed by atoms with Crippen molar-refractivity contribution in [1.29, 1.82) is 0 Å². The molecule has 0 aliphatic rings. The van der Waals surface area contributed by atoms with Gasteiger partial charge in [0.2, 0.25) is 11.6 Å². The Labute approximate surface area is 190 Å². The van der Waals surface area contributed by atoms with Crippen LogP contribution in [0.4, 0.5) is 11.5 Å². The second-order valence-corrected chi connectivity index (χ2v) is 7.11. The van der Waals surface area contributed by atoms with Crippen LogP contribution in [0.5, 0.6) is 0 Å². The second-order valence-electron chi connectivity index (χ2n) is 6.70. The van der Waals surface area contributed by atoms with Crippen LogP contribution in [0.25, 0.3) is 17.1 Å². The summed E-state index contributed by atoms with van der Waals surface area (Å²) >= 11 is 5.80. The number of anilines is 1. The minimum atomic E-state index is -0.688. The summed E-state index contributed by atoms with van der Waals surface area (Å²) < 4.78 is 5.87. The number of nitro groups is 1. The monoisotopic (exact) mass is 467 g/mol. The molecule has 0 atom stereocenters. The number of benzene rings is 2. The Bertz CT molecular complexity index is 1380. The maximum Gasteiger partial charge on any atom is 0.294 e. The van der Waals surface area contributed by atoms with Gasteiger partial charge in [-0.2, -0.15) is 9.78 Å². The van der Waals surface area contributed by atoms with Gasteiger partial charge in [-0.05, 0) is 23.3 Å². The zero-order valence-electron chi connectivity index (χ0n) is 16.8. The number of nitrogens with one attached hydrogen (secondary N) is 1. The SMILES string of the molecule is Cc1ccc(-c2c(C(=O)N/N=C\c3ccc(Cl)c([N+](=O)[O-])c3)nnn2-c2nonc2N)cc1. The number of nitrogens with zero attached hydrogens (tertiary/aromatic N) is 7. The molecular formula is C19H14ClN9O4. The molecule has 0 saturated carbocycles. The smallest absolute Gasteiger partial charge is 0.294 e. The zero-order chi connectivity index (χ0) is 23.5. The molecule has 0 saturated heterocycles. The summed E-state index contributed by atoms with van der Waals surface area (Å²) in [7, 11) is 0.